The highest BCUT2D eigenvalue weighted by molar-refractivity contribution is 5.92. The third kappa shape index (κ3) is 3.16. The molecule has 2 aromatic heterocycles. The van der Waals surface area contributed by atoms with Gasteiger partial charge in [-0.3, -0.25) is 5.32 Å². The lowest BCUT2D eigenvalue weighted by atomic mass is 9.68. The predicted molar refractivity (Wildman–Crippen MR) is 122 cm³/mol. The summed E-state index contributed by atoms with van der Waals surface area (Å²) >= 11 is 0. The molecule has 156 valence electrons. The van der Waals surface area contributed by atoms with Gasteiger partial charge < -0.3 is 10.1 Å². The van der Waals surface area contributed by atoms with E-state index < -0.39 is 11.5 Å². The summed E-state index contributed by atoms with van der Waals surface area (Å²) in [5.41, 5.74) is 2.77. The van der Waals surface area contributed by atoms with Crippen LogP contribution >= 0.6 is 0 Å². The van der Waals surface area contributed by atoms with Crippen LogP contribution in [-0.4, -0.2) is 31.1 Å². The molecule has 0 fully saturated rings. The van der Waals surface area contributed by atoms with E-state index in [0.29, 0.717) is 17.0 Å². The van der Waals surface area contributed by atoms with E-state index in [1.54, 1.807) is 0 Å². The van der Waals surface area contributed by atoms with Crippen LogP contribution in [0.15, 0.2) is 97.3 Å². The number of H-pyrrole nitrogens is 1. The monoisotopic (exact) mass is 421 g/mol. The molecular formula is C25H19N5O2. The average molecular weight is 421 g/mol. The Balaban J connectivity index is 1.92. The molecule has 1 amide bonds. The van der Waals surface area contributed by atoms with E-state index in [-0.39, 0.29) is 5.82 Å². The number of benzene rings is 3. The van der Waals surface area contributed by atoms with Crippen LogP contribution in [0.2, 0.25) is 0 Å². The Hall–Kier alpha value is -4.52. The molecule has 0 unspecified atom stereocenters. The highest BCUT2D eigenvalue weighted by Crippen LogP contribution is 2.44. The molecule has 0 aliphatic heterocycles. The number of aromatic nitrogens is 4. The number of amides is 1. The molecule has 7 heteroatoms. The summed E-state index contributed by atoms with van der Waals surface area (Å²) in [7, 11) is 0. The minimum Gasteiger partial charge on any atom is -0.465 e. The smallest absolute Gasteiger partial charge is 0.410 e. The van der Waals surface area contributed by atoms with Crippen molar-refractivity contribution in [3.05, 3.63) is 120 Å². The molecule has 3 N–H and O–H groups in total. The van der Waals surface area contributed by atoms with Crippen LogP contribution in [-0.2, 0) is 5.41 Å². The first-order chi connectivity index (χ1) is 15.7. The highest BCUT2D eigenvalue weighted by atomic mass is 16.4. The molecule has 5 rings (SSSR count). The standard InChI is InChI=1S/C25H19N5O2/c31-24(32)30-22-20-21(27-16-26-20)28-23(29-22)25(17-10-4-1-5-11-17,18-12-6-2-7-13-18)19-14-8-3-9-15-19/h1-16H,(H,31,32)(H2,26,27,28,29,30). The molecule has 0 spiro atoms. The molecule has 0 bridgehead atoms. The molecular weight excluding hydrogens is 402 g/mol. The zero-order valence-corrected chi connectivity index (χ0v) is 16.9. The van der Waals surface area contributed by atoms with Crippen LogP contribution in [0.3, 0.4) is 0 Å². The van der Waals surface area contributed by atoms with Crippen molar-refractivity contribution >= 4 is 23.1 Å². The molecule has 5 aromatic rings. The van der Waals surface area contributed by atoms with Crippen LogP contribution in [0.5, 0.6) is 0 Å². The van der Waals surface area contributed by atoms with Crippen molar-refractivity contribution < 1.29 is 9.90 Å². The molecule has 0 atom stereocenters. The van der Waals surface area contributed by atoms with Crippen molar-refractivity contribution in [2.24, 2.45) is 0 Å². The van der Waals surface area contributed by atoms with Crippen molar-refractivity contribution in [3.63, 3.8) is 0 Å². The Labute approximate surface area is 183 Å². The number of anilines is 1. The number of nitrogens with one attached hydrogen (secondary N) is 2. The largest absolute Gasteiger partial charge is 0.465 e. The molecule has 0 saturated carbocycles. The maximum atomic E-state index is 11.5. The fourth-order valence-electron chi connectivity index (χ4n) is 4.14. The van der Waals surface area contributed by atoms with Crippen LogP contribution in [0.4, 0.5) is 10.6 Å². The number of aromatic amines is 1. The minimum atomic E-state index is -1.21. The van der Waals surface area contributed by atoms with Crippen LogP contribution in [0.1, 0.15) is 22.5 Å². The fraction of sp³-hybridized carbons (Fsp3) is 0.0400. The summed E-state index contributed by atoms with van der Waals surface area (Å²) in [5, 5.41) is 11.8. The molecule has 0 saturated heterocycles. The van der Waals surface area contributed by atoms with E-state index in [2.05, 4.69) is 15.3 Å². The zero-order valence-electron chi connectivity index (χ0n) is 16.9. The lowest BCUT2D eigenvalue weighted by Gasteiger charge is -2.34. The second-order valence-corrected chi connectivity index (χ2v) is 7.28. The van der Waals surface area contributed by atoms with E-state index in [4.69, 9.17) is 9.97 Å². The number of carboxylic acid groups (broad SMARTS) is 1. The van der Waals surface area contributed by atoms with Crippen molar-refractivity contribution in [2.75, 3.05) is 5.32 Å². The molecule has 0 radical (unpaired) electrons. The van der Waals surface area contributed by atoms with Crippen molar-refractivity contribution in [1.29, 1.82) is 0 Å². The zero-order chi connectivity index (χ0) is 22.0. The molecule has 2 heterocycles. The Morgan fingerprint density at radius 2 is 1.28 bits per heavy atom. The van der Waals surface area contributed by atoms with Gasteiger partial charge in [-0.15, -0.1) is 0 Å². The van der Waals surface area contributed by atoms with Gasteiger partial charge in [0.05, 0.1) is 6.33 Å². The maximum Gasteiger partial charge on any atom is 0.410 e. The number of hydrogen-bond donors (Lipinski definition) is 3. The third-order valence-corrected chi connectivity index (χ3v) is 5.47. The molecule has 3 aromatic carbocycles. The summed E-state index contributed by atoms with van der Waals surface area (Å²) in [5.74, 6) is 0.576. The van der Waals surface area contributed by atoms with E-state index >= 15 is 0 Å². The molecule has 7 nitrogen and oxygen atoms in total. The summed E-state index contributed by atoms with van der Waals surface area (Å²) in [6.45, 7) is 0. The quantitative estimate of drug-likeness (QED) is 0.353. The van der Waals surface area contributed by atoms with Crippen molar-refractivity contribution in [3.8, 4) is 0 Å². The van der Waals surface area contributed by atoms with Gasteiger partial charge in [-0.25, -0.2) is 19.7 Å². The average Bonchev–Trinajstić information content (AvgIpc) is 3.31. The van der Waals surface area contributed by atoms with Gasteiger partial charge in [0.1, 0.15) is 10.9 Å². The van der Waals surface area contributed by atoms with Crippen LogP contribution < -0.4 is 5.32 Å². The second-order valence-electron chi connectivity index (χ2n) is 7.28. The van der Waals surface area contributed by atoms with Gasteiger partial charge in [-0.05, 0) is 16.7 Å². The number of nitrogens with zero attached hydrogens (tertiary/aromatic N) is 3. The number of hydrogen-bond acceptors (Lipinski definition) is 4. The van der Waals surface area contributed by atoms with Crippen LogP contribution in [0, 0.1) is 0 Å². The van der Waals surface area contributed by atoms with E-state index in [1.165, 1.54) is 6.33 Å². The van der Waals surface area contributed by atoms with Gasteiger partial charge in [0.15, 0.2) is 17.3 Å². The van der Waals surface area contributed by atoms with Gasteiger partial charge in [0.2, 0.25) is 0 Å². The van der Waals surface area contributed by atoms with Gasteiger partial charge in [0, 0.05) is 0 Å². The van der Waals surface area contributed by atoms with Crippen molar-refractivity contribution in [2.45, 2.75) is 5.41 Å². The SMILES string of the molecule is O=C(O)Nc1nc(C(c2ccccc2)(c2ccccc2)c2ccccc2)nc2nc[nH]c12. The Morgan fingerprint density at radius 3 is 1.75 bits per heavy atom. The summed E-state index contributed by atoms with van der Waals surface area (Å²) in [6, 6.07) is 29.9. The molecule has 32 heavy (non-hydrogen) atoms. The first kappa shape index (κ1) is 19.4. The number of fused-ring (bicyclic) bond motifs is 1. The van der Waals surface area contributed by atoms with Crippen LogP contribution in [0.25, 0.3) is 11.2 Å². The first-order valence-electron chi connectivity index (χ1n) is 10.1. The Kier molecular flexibility index (Phi) is 4.84. The van der Waals surface area contributed by atoms with Crippen molar-refractivity contribution in [1.82, 2.24) is 19.9 Å². The van der Waals surface area contributed by atoms with Gasteiger partial charge in [-0.2, -0.15) is 0 Å². The van der Waals surface area contributed by atoms with Gasteiger partial charge in [0.25, 0.3) is 0 Å². The molecule has 0 aliphatic rings. The van der Waals surface area contributed by atoms with Gasteiger partial charge in [-0.1, -0.05) is 91.0 Å². The number of imidazole rings is 1. The maximum absolute atomic E-state index is 11.5. The second kappa shape index (κ2) is 7.96. The number of carbonyl (C=O) groups is 1. The highest BCUT2D eigenvalue weighted by Gasteiger charge is 2.42. The van der Waals surface area contributed by atoms with E-state index in [0.717, 1.165) is 16.7 Å². The normalized spacial score (nSPS) is 11.4. The minimum absolute atomic E-state index is 0.155. The van der Waals surface area contributed by atoms with Gasteiger partial charge >= 0.3 is 6.09 Å². The Bertz CT molecular complexity index is 1270. The van der Waals surface area contributed by atoms with E-state index in [1.807, 2.05) is 91.0 Å². The Morgan fingerprint density at radius 1 is 0.781 bits per heavy atom. The molecule has 0 aliphatic carbocycles. The summed E-state index contributed by atoms with van der Waals surface area (Å²) in [6.07, 6.45) is 0.265. The fourth-order valence-corrected chi connectivity index (χ4v) is 4.14. The van der Waals surface area contributed by atoms with E-state index in [9.17, 15) is 9.90 Å². The summed E-state index contributed by atoms with van der Waals surface area (Å²) < 4.78 is 0. The first-order valence-corrected chi connectivity index (χ1v) is 10.1. The predicted octanol–water partition coefficient (Wildman–Crippen LogP) is 4.83. The lowest BCUT2D eigenvalue weighted by Crippen LogP contribution is -2.33. The lowest BCUT2D eigenvalue weighted by molar-refractivity contribution is 0.209. The third-order valence-electron chi connectivity index (χ3n) is 5.47. The number of rotatable bonds is 5. The topological polar surface area (TPSA) is 104 Å². The summed E-state index contributed by atoms with van der Waals surface area (Å²) in [4.78, 5) is 28.3.